The van der Waals surface area contributed by atoms with E-state index in [-0.39, 0.29) is 17.8 Å². The molecule has 31 heavy (non-hydrogen) atoms. The van der Waals surface area contributed by atoms with E-state index >= 15 is 0 Å². The number of rotatable bonds is 6. The summed E-state index contributed by atoms with van der Waals surface area (Å²) in [6.07, 6.45) is 0. The normalized spacial score (nSPS) is 16.8. The Bertz CT molecular complexity index is 1050. The van der Waals surface area contributed by atoms with Crippen LogP contribution in [0.15, 0.2) is 47.4 Å². The summed E-state index contributed by atoms with van der Waals surface area (Å²) in [6.45, 7) is 7.52. The van der Waals surface area contributed by atoms with Gasteiger partial charge in [0, 0.05) is 39.8 Å². The van der Waals surface area contributed by atoms with Gasteiger partial charge in [0.15, 0.2) is 0 Å². The lowest BCUT2D eigenvalue weighted by molar-refractivity contribution is -0.136. The number of hydrogen-bond acceptors (Lipinski definition) is 4. The zero-order valence-corrected chi connectivity index (χ0v) is 19.3. The van der Waals surface area contributed by atoms with Crippen LogP contribution in [-0.4, -0.2) is 67.7 Å². The minimum absolute atomic E-state index is 0.0741. The number of hydrogen-bond donors (Lipinski definition) is 0. The molecular formula is C23H30FN3O3S. The number of amides is 1. The van der Waals surface area contributed by atoms with Crippen molar-refractivity contribution in [2.45, 2.75) is 38.3 Å². The Hall–Kier alpha value is -2.29. The van der Waals surface area contributed by atoms with Crippen molar-refractivity contribution in [2.75, 3.05) is 33.2 Å². The van der Waals surface area contributed by atoms with Crippen LogP contribution in [0.2, 0.25) is 0 Å². The third-order valence-electron chi connectivity index (χ3n) is 5.81. The number of piperazine rings is 1. The summed E-state index contributed by atoms with van der Waals surface area (Å²) in [7, 11) is -1.87. The quantitative estimate of drug-likeness (QED) is 0.683. The van der Waals surface area contributed by atoms with Gasteiger partial charge >= 0.3 is 0 Å². The number of aryl methyl sites for hydroxylation is 2. The van der Waals surface area contributed by atoms with E-state index in [2.05, 4.69) is 0 Å². The van der Waals surface area contributed by atoms with Gasteiger partial charge in [-0.2, -0.15) is 4.31 Å². The second kappa shape index (κ2) is 9.46. The molecule has 1 heterocycles. The molecule has 1 unspecified atom stereocenters. The van der Waals surface area contributed by atoms with Crippen LogP contribution < -0.4 is 0 Å². The summed E-state index contributed by atoms with van der Waals surface area (Å²) in [6, 6.07) is 11.2. The molecule has 1 aliphatic heterocycles. The molecule has 6 nitrogen and oxygen atoms in total. The van der Waals surface area contributed by atoms with Crippen molar-refractivity contribution in [3.05, 3.63) is 65.0 Å². The smallest absolute Gasteiger partial charge is 0.243 e. The number of halogens is 1. The standard InChI is InChI=1S/C23H30FN3O3S/c1-17-8-9-22(18(2)14-17)31(29,30)27-12-10-26(11-13-27)19(3)23(28)25(4)16-20-6-5-7-21(24)15-20/h5-9,14-15,19H,10-13,16H2,1-4H3. The van der Waals surface area contributed by atoms with E-state index in [1.165, 1.54) is 16.4 Å². The van der Waals surface area contributed by atoms with Gasteiger partial charge in [0.25, 0.3) is 0 Å². The van der Waals surface area contributed by atoms with Crippen LogP contribution in [-0.2, 0) is 21.4 Å². The fraction of sp³-hybridized carbons (Fsp3) is 0.435. The number of likely N-dealkylation sites (N-methyl/N-ethyl adjacent to an activating group) is 1. The molecule has 0 N–H and O–H groups in total. The van der Waals surface area contributed by atoms with Crippen molar-refractivity contribution in [1.29, 1.82) is 0 Å². The second-order valence-electron chi connectivity index (χ2n) is 8.21. The molecule has 0 aliphatic carbocycles. The van der Waals surface area contributed by atoms with Gasteiger partial charge in [-0.15, -0.1) is 0 Å². The van der Waals surface area contributed by atoms with E-state index in [1.54, 1.807) is 30.1 Å². The lowest BCUT2D eigenvalue weighted by Crippen LogP contribution is -2.55. The maximum Gasteiger partial charge on any atom is 0.243 e. The molecule has 3 rings (SSSR count). The summed E-state index contributed by atoms with van der Waals surface area (Å²) < 4.78 is 41.0. The summed E-state index contributed by atoms with van der Waals surface area (Å²) >= 11 is 0. The zero-order valence-electron chi connectivity index (χ0n) is 18.5. The fourth-order valence-electron chi connectivity index (χ4n) is 4.02. The van der Waals surface area contributed by atoms with E-state index in [4.69, 9.17) is 0 Å². The van der Waals surface area contributed by atoms with Crippen LogP contribution >= 0.6 is 0 Å². The predicted octanol–water partition coefficient (Wildman–Crippen LogP) is 2.80. The van der Waals surface area contributed by atoms with E-state index in [0.717, 1.165) is 16.7 Å². The first-order valence-electron chi connectivity index (χ1n) is 10.4. The predicted molar refractivity (Wildman–Crippen MR) is 119 cm³/mol. The van der Waals surface area contributed by atoms with Gasteiger partial charge in [-0.1, -0.05) is 29.8 Å². The number of nitrogens with zero attached hydrogens (tertiary/aromatic N) is 3. The Balaban J connectivity index is 1.61. The topological polar surface area (TPSA) is 60.9 Å². The van der Waals surface area contributed by atoms with Gasteiger partial charge in [0.05, 0.1) is 10.9 Å². The molecule has 2 aromatic rings. The maximum atomic E-state index is 13.4. The van der Waals surface area contributed by atoms with Crippen LogP contribution in [0.1, 0.15) is 23.6 Å². The SMILES string of the molecule is Cc1ccc(S(=O)(=O)N2CCN(C(C)C(=O)N(C)Cc3cccc(F)c3)CC2)c(C)c1. The Labute approximate surface area is 184 Å². The first kappa shape index (κ1) is 23.4. The molecule has 168 valence electrons. The van der Waals surface area contributed by atoms with Crippen LogP contribution in [0, 0.1) is 19.7 Å². The lowest BCUT2D eigenvalue weighted by Gasteiger charge is -2.38. The van der Waals surface area contributed by atoms with E-state index in [1.807, 2.05) is 37.8 Å². The average Bonchev–Trinajstić information content (AvgIpc) is 2.72. The van der Waals surface area contributed by atoms with Gasteiger partial charge in [-0.3, -0.25) is 9.69 Å². The van der Waals surface area contributed by atoms with Crippen LogP contribution in [0.3, 0.4) is 0 Å². The van der Waals surface area contributed by atoms with E-state index in [0.29, 0.717) is 37.6 Å². The molecule has 1 amide bonds. The van der Waals surface area contributed by atoms with Crippen molar-refractivity contribution < 1.29 is 17.6 Å². The van der Waals surface area contributed by atoms with Gasteiger partial charge in [-0.25, -0.2) is 12.8 Å². The fourth-order valence-corrected chi connectivity index (χ4v) is 5.65. The zero-order chi connectivity index (χ0) is 22.8. The molecule has 1 saturated heterocycles. The van der Waals surface area contributed by atoms with Gasteiger partial charge in [0.1, 0.15) is 5.82 Å². The molecule has 1 aliphatic rings. The number of carbonyl (C=O) groups is 1. The summed E-state index contributed by atoms with van der Waals surface area (Å²) in [4.78, 5) is 16.8. The molecular weight excluding hydrogens is 417 g/mol. The minimum atomic E-state index is -3.56. The minimum Gasteiger partial charge on any atom is -0.340 e. The van der Waals surface area contributed by atoms with E-state index in [9.17, 15) is 17.6 Å². The van der Waals surface area contributed by atoms with Crippen molar-refractivity contribution >= 4 is 15.9 Å². The molecule has 0 aromatic heterocycles. The molecule has 0 bridgehead atoms. The van der Waals surface area contributed by atoms with Crippen molar-refractivity contribution in [3.8, 4) is 0 Å². The summed E-state index contributed by atoms with van der Waals surface area (Å²) in [5.41, 5.74) is 2.49. The first-order valence-corrected chi connectivity index (χ1v) is 11.8. The molecule has 1 fully saturated rings. The highest BCUT2D eigenvalue weighted by molar-refractivity contribution is 7.89. The van der Waals surface area contributed by atoms with Crippen LogP contribution in [0.4, 0.5) is 4.39 Å². The van der Waals surface area contributed by atoms with Crippen LogP contribution in [0.5, 0.6) is 0 Å². The van der Waals surface area contributed by atoms with Crippen molar-refractivity contribution in [3.63, 3.8) is 0 Å². The highest BCUT2D eigenvalue weighted by atomic mass is 32.2. The molecule has 0 spiro atoms. The Kier molecular flexibility index (Phi) is 7.13. The Morgan fingerprint density at radius 2 is 1.77 bits per heavy atom. The Morgan fingerprint density at radius 1 is 1.10 bits per heavy atom. The van der Waals surface area contributed by atoms with Gasteiger partial charge in [-0.05, 0) is 50.1 Å². The molecule has 0 saturated carbocycles. The molecule has 8 heteroatoms. The number of benzene rings is 2. The molecule has 2 aromatic carbocycles. The monoisotopic (exact) mass is 447 g/mol. The maximum absolute atomic E-state index is 13.4. The lowest BCUT2D eigenvalue weighted by atomic mass is 10.1. The van der Waals surface area contributed by atoms with Crippen LogP contribution in [0.25, 0.3) is 0 Å². The molecule has 1 atom stereocenters. The first-order chi connectivity index (χ1) is 14.6. The third kappa shape index (κ3) is 5.31. The highest BCUT2D eigenvalue weighted by Gasteiger charge is 2.33. The van der Waals surface area contributed by atoms with Crippen molar-refractivity contribution in [1.82, 2.24) is 14.1 Å². The second-order valence-corrected chi connectivity index (χ2v) is 10.1. The largest absolute Gasteiger partial charge is 0.340 e. The number of sulfonamides is 1. The van der Waals surface area contributed by atoms with E-state index < -0.39 is 10.0 Å². The Morgan fingerprint density at radius 3 is 2.39 bits per heavy atom. The highest BCUT2D eigenvalue weighted by Crippen LogP contribution is 2.23. The average molecular weight is 448 g/mol. The third-order valence-corrected chi connectivity index (χ3v) is 7.87. The van der Waals surface area contributed by atoms with Gasteiger partial charge in [0.2, 0.25) is 15.9 Å². The summed E-state index contributed by atoms with van der Waals surface area (Å²) in [5.74, 6) is -0.400. The number of carbonyl (C=O) groups excluding carboxylic acids is 1. The van der Waals surface area contributed by atoms with Crippen molar-refractivity contribution in [2.24, 2.45) is 0 Å². The molecule has 0 radical (unpaired) electrons. The summed E-state index contributed by atoms with van der Waals surface area (Å²) in [5, 5.41) is 0. The van der Waals surface area contributed by atoms with Gasteiger partial charge < -0.3 is 4.90 Å².